The molecule has 4 N–H and O–H groups in total. The van der Waals surface area contributed by atoms with Crippen LogP contribution >= 0.6 is 11.8 Å². The number of aliphatic hydroxyl groups is 1. The van der Waals surface area contributed by atoms with Crippen molar-refractivity contribution >= 4 is 34.5 Å². The molecular weight excluding hydrogens is 504 g/mol. The minimum Gasteiger partial charge on any atom is -0.480 e. The van der Waals surface area contributed by atoms with E-state index in [0.29, 0.717) is 41.7 Å². The third-order valence-corrected chi connectivity index (χ3v) is 7.84. The number of aromatic nitrogens is 4. The van der Waals surface area contributed by atoms with Crippen molar-refractivity contribution in [2.24, 2.45) is 0 Å². The smallest absolute Gasteiger partial charge is 0.236 e. The molecule has 1 fully saturated rings. The molecule has 0 atom stereocenters. The fourth-order valence-electron chi connectivity index (χ4n) is 4.68. The van der Waals surface area contributed by atoms with Crippen LogP contribution in [0.5, 0.6) is 5.88 Å². The van der Waals surface area contributed by atoms with Gasteiger partial charge in [0.2, 0.25) is 11.8 Å². The second kappa shape index (κ2) is 10.8. The third-order valence-electron chi connectivity index (χ3n) is 6.86. The van der Waals surface area contributed by atoms with Crippen molar-refractivity contribution in [1.29, 1.82) is 0 Å². The van der Waals surface area contributed by atoms with Crippen LogP contribution < -0.4 is 20.7 Å². The number of hydrogen-bond donors (Lipinski definition) is 4. The van der Waals surface area contributed by atoms with Gasteiger partial charge < -0.3 is 25.8 Å². The largest absolute Gasteiger partial charge is 0.480 e. The van der Waals surface area contributed by atoms with Crippen molar-refractivity contribution in [3.8, 4) is 5.88 Å². The van der Waals surface area contributed by atoms with Crippen LogP contribution in [-0.4, -0.2) is 62.0 Å². The average molecular weight is 532 g/mol. The number of carbonyl (C=O) groups is 1. The Kier molecular flexibility index (Phi) is 7.47. The lowest BCUT2D eigenvalue weighted by Gasteiger charge is -2.40. The van der Waals surface area contributed by atoms with Gasteiger partial charge in [0, 0.05) is 36.3 Å². The maximum absolute atomic E-state index is 14.7. The number of anilines is 1. The minimum absolute atomic E-state index is 0.00502. The first kappa shape index (κ1) is 25.6. The molecule has 1 aliphatic carbocycles. The van der Waals surface area contributed by atoms with E-state index >= 15 is 0 Å². The molecule has 5 rings (SSSR count). The number of thioether (sulfide) groups is 1. The number of rotatable bonds is 8. The highest BCUT2D eigenvalue weighted by molar-refractivity contribution is 8.00. The lowest BCUT2D eigenvalue weighted by molar-refractivity contribution is -0.113. The molecule has 3 aromatic rings. The lowest BCUT2D eigenvalue weighted by Crippen LogP contribution is -2.53. The third kappa shape index (κ3) is 5.49. The Hall–Kier alpha value is -3.00. The summed E-state index contributed by atoms with van der Waals surface area (Å²) in [5.74, 6) is -0.590. The van der Waals surface area contributed by atoms with Gasteiger partial charge in [0.1, 0.15) is 21.9 Å². The number of halogens is 2. The molecule has 10 nitrogen and oxygen atoms in total. The fourth-order valence-corrected chi connectivity index (χ4v) is 5.38. The Morgan fingerprint density at radius 3 is 2.73 bits per heavy atom. The minimum atomic E-state index is -0.771. The molecule has 0 radical (unpaired) electrons. The molecule has 0 saturated heterocycles. The average Bonchev–Trinajstić information content (AvgIpc) is 2.92. The van der Waals surface area contributed by atoms with Crippen LogP contribution in [0.25, 0.3) is 11.0 Å². The van der Waals surface area contributed by atoms with Gasteiger partial charge in [-0.05, 0) is 25.7 Å². The number of carbonyl (C=O) groups excluding carboxylic acids is 1. The summed E-state index contributed by atoms with van der Waals surface area (Å²) in [5, 5.41) is 20.4. The molecule has 2 aliphatic rings. The van der Waals surface area contributed by atoms with Gasteiger partial charge in [-0.1, -0.05) is 11.8 Å². The van der Waals surface area contributed by atoms with Crippen LogP contribution in [0, 0.1) is 11.6 Å². The maximum atomic E-state index is 14.7. The molecule has 1 amide bonds. The number of benzene rings is 1. The van der Waals surface area contributed by atoms with Crippen LogP contribution in [0.3, 0.4) is 0 Å². The fraction of sp³-hybridized carbons (Fsp3) is 0.458. The molecule has 37 heavy (non-hydrogen) atoms. The summed E-state index contributed by atoms with van der Waals surface area (Å²) in [7, 11) is 1.42. The standard InChI is InChI=1S/C24H27F2N7O3S/c1-36-19-10-28-21-17(26)6-16(25)15(20(21)33-19)9-27-13-2-4-24(12-34,5-3-13)30-8-14-7-29-23-22(31-14)32-18(35)11-37-23/h6-7,10,13,27,30,34H,2-5,8-9,11-12H2,1H3,(H,31,32,35)/t13-,24-. The molecule has 1 aliphatic heterocycles. The van der Waals surface area contributed by atoms with E-state index in [1.165, 1.54) is 25.1 Å². The van der Waals surface area contributed by atoms with Gasteiger partial charge in [0.15, 0.2) is 11.6 Å². The zero-order valence-corrected chi connectivity index (χ0v) is 21.0. The van der Waals surface area contributed by atoms with E-state index in [9.17, 15) is 18.7 Å². The highest BCUT2D eigenvalue weighted by Crippen LogP contribution is 2.31. The second-order valence-electron chi connectivity index (χ2n) is 9.23. The van der Waals surface area contributed by atoms with Gasteiger partial charge in [0.05, 0.1) is 37.6 Å². The molecule has 3 heterocycles. The van der Waals surface area contributed by atoms with Gasteiger partial charge in [-0.15, -0.1) is 0 Å². The van der Waals surface area contributed by atoms with Gasteiger partial charge in [-0.2, -0.15) is 0 Å². The molecule has 1 saturated carbocycles. The van der Waals surface area contributed by atoms with Crippen LogP contribution in [0.1, 0.15) is 36.9 Å². The lowest BCUT2D eigenvalue weighted by atomic mass is 9.79. The van der Waals surface area contributed by atoms with Crippen LogP contribution in [0.15, 0.2) is 23.5 Å². The van der Waals surface area contributed by atoms with Crippen molar-refractivity contribution in [3.05, 3.63) is 41.4 Å². The summed E-state index contributed by atoms with van der Waals surface area (Å²) in [4.78, 5) is 28.7. The predicted molar refractivity (Wildman–Crippen MR) is 133 cm³/mol. The van der Waals surface area contributed by atoms with Gasteiger partial charge in [-0.25, -0.2) is 28.7 Å². The van der Waals surface area contributed by atoms with Crippen molar-refractivity contribution in [3.63, 3.8) is 0 Å². The van der Waals surface area contributed by atoms with Crippen LogP contribution in [-0.2, 0) is 17.9 Å². The van der Waals surface area contributed by atoms with Crippen LogP contribution in [0.2, 0.25) is 0 Å². The van der Waals surface area contributed by atoms with Gasteiger partial charge in [0.25, 0.3) is 0 Å². The number of ether oxygens (including phenoxy) is 1. The molecule has 196 valence electrons. The van der Waals surface area contributed by atoms with E-state index in [-0.39, 0.29) is 47.6 Å². The quantitative estimate of drug-likeness (QED) is 0.343. The van der Waals surface area contributed by atoms with Gasteiger partial charge in [-0.3, -0.25) is 4.79 Å². The topological polar surface area (TPSA) is 134 Å². The molecule has 13 heteroatoms. The summed E-state index contributed by atoms with van der Waals surface area (Å²) >= 11 is 1.35. The highest BCUT2D eigenvalue weighted by Gasteiger charge is 2.34. The van der Waals surface area contributed by atoms with E-state index < -0.39 is 17.2 Å². The zero-order chi connectivity index (χ0) is 26.0. The zero-order valence-electron chi connectivity index (χ0n) is 20.2. The first-order valence-corrected chi connectivity index (χ1v) is 12.9. The summed E-state index contributed by atoms with van der Waals surface area (Å²) < 4.78 is 34.0. The maximum Gasteiger partial charge on any atom is 0.236 e. The number of amides is 1. The second-order valence-corrected chi connectivity index (χ2v) is 10.2. The summed E-state index contributed by atoms with van der Waals surface area (Å²) in [6, 6.07) is 0.908. The van der Waals surface area contributed by atoms with E-state index in [1.807, 2.05) is 0 Å². The molecule has 1 aromatic carbocycles. The van der Waals surface area contributed by atoms with E-state index in [4.69, 9.17) is 4.74 Å². The first-order chi connectivity index (χ1) is 17.9. The van der Waals surface area contributed by atoms with Gasteiger partial charge >= 0.3 is 0 Å². The van der Waals surface area contributed by atoms with Crippen molar-refractivity contribution in [2.45, 2.75) is 55.4 Å². The molecule has 2 aromatic heterocycles. The molecule has 0 spiro atoms. The molecule has 0 unspecified atom stereocenters. The number of methoxy groups -OCH3 is 1. The molecule has 0 bridgehead atoms. The number of aliphatic hydroxyl groups excluding tert-OH is 1. The number of nitrogens with one attached hydrogen (secondary N) is 3. The monoisotopic (exact) mass is 531 g/mol. The summed E-state index contributed by atoms with van der Waals surface area (Å²) in [6.45, 7) is 0.507. The van der Waals surface area contributed by atoms with Crippen molar-refractivity contribution < 1.29 is 23.4 Å². The van der Waals surface area contributed by atoms with Crippen LogP contribution in [0.4, 0.5) is 14.6 Å². The summed E-state index contributed by atoms with van der Waals surface area (Å²) in [5.41, 5.74) is 0.545. The van der Waals surface area contributed by atoms with Crippen molar-refractivity contribution in [2.75, 3.05) is 24.8 Å². The number of hydrogen-bond acceptors (Lipinski definition) is 10. The number of fused-ring (bicyclic) bond motifs is 2. The Labute approximate surface area is 216 Å². The Bertz CT molecular complexity index is 1320. The first-order valence-electron chi connectivity index (χ1n) is 11.9. The summed E-state index contributed by atoms with van der Waals surface area (Å²) in [6.07, 6.45) is 5.83. The normalized spacial score (nSPS) is 21.5. The SMILES string of the molecule is COc1cnc2c(F)cc(F)c(CN[C@H]3CC[C@](CO)(NCc4cnc5c(n4)NC(=O)CS5)CC3)c2n1. The highest BCUT2D eigenvalue weighted by atomic mass is 32.2. The Morgan fingerprint density at radius 1 is 1.16 bits per heavy atom. The molecular formula is C24H27F2N7O3S. The van der Waals surface area contributed by atoms with Crippen molar-refractivity contribution in [1.82, 2.24) is 30.6 Å². The van der Waals surface area contributed by atoms with E-state index in [0.717, 1.165) is 18.9 Å². The van der Waals surface area contributed by atoms with E-state index in [1.54, 1.807) is 6.20 Å². The Balaban J connectivity index is 1.20. The Morgan fingerprint density at radius 2 is 1.97 bits per heavy atom. The number of nitrogens with zero attached hydrogens (tertiary/aromatic N) is 4. The predicted octanol–water partition coefficient (Wildman–Crippen LogP) is 2.30. The van der Waals surface area contributed by atoms with E-state index in [2.05, 4.69) is 35.9 Å².